The van der Waals surface area contributed by atoms with E-state index >= 15 is 0 Å². The predicted molar refractivity (Wildman–Crippen MR) is 62.9 cm³/mol. The van der Waals surface area contributed by atoms with E-state index in [2.05, 4.69) is 11.9 Å². The summed E-state index contributed by atoms with van der Waals surface area (Å²) in [6, 6.07) is 0.844. The number of halogens is 1. The first-order valence-electron chi connectivity index (χ1n) is 5.18. The number of hydrogen-bond donors (Lipinski definition) is 0. The Labute approximate surface area is 91.2 Å². The molecule has 0 amide bonds. The zero-order chi connectivity index (χ0) is 9.52. The average Bonchev–Trinajstić information content (AvgIpc) is 2.15. The van der Waals surface area contributed by atoms with E-state index < -0.39 is 0 Å². The van der Waals surface area contributed by atoms with Gasteiger partial charge in [-0.05, 0) is 38.6 Å². The van der Waals surface area contributed by atoms with Gasteiger partial charge in [0.15, 0.2) is 0 Å². The van der Waals surface area contributed by atoms with Crippen LogP contribution in [0.1, 0.15) is 25.7 Å². The Morgan fingerprint density at radius 2 is 2.23 bits per heavy atom. The third kappa shape index (κ3) is 4.57. The molecule has 0 radical (unpaired) electrons. The largest absolute Gasteiger partial charge is 0.303 e. The van der Waals surface area contributed by atoms with Gasteiger partial charge < -0.3 is 4.90 Å². The van der Waals surface area contributed by atoms with Crippen molar-refractivity contribution in [2.45, 2.75) is 31.7 Å². The van der Waals surface area contributed by atoms with Crippen LogP contribution in [0.4, 0.5) is 0 Å². The van der Waals surface area contributed by atoms with Gasteiger partial charge in [-0.2, -0.15) is 11.8 Å². The summed E-state index contributed by atoms with van der Waals surface area (Å²) in [5.74, 6) is 3.19. The van der Waals surface area contributed by atoms with Gasteiger partial charge in [-0.25, -0.2) is 0 Å². The van der Waals surface area contributed by atoms with E-state index in [1.807, 2.05) is 11.8 Å². The normalized spacial score (nSPS) is 24.9. The fraction of sp³-hybridized carbons (Fsp3) is 1.00. The van der Waals surface area contributed by atoms with Crippen molar-refractivity contribution in [3.8, 4) is 0 Å². The van der Waals surface area contributed by atoms with Crippen LogP contribution in [-0.2, 0) is 0 Å². The van der Waals surface area contributed by atoms with Crippen LogP contribution in [0.5, 0.6) is 0 Å². The van der Waals surface area contributed by atoms with Crippen LogP contribution in [0.2, 0.25) is 0 Å². The lowest BCUT2D eigenvalue weighted by Crippen LogP contribution is -2.36. The quantitative estimate of drug-likeness (QED) is 0.519. The molecule has 1 unspecified atom stereocenters. The van der Waals surface area contributed by atoms with Crippen LogP contribution in [0.15, 0.2) is 0 Å². The van der Waals surface area contributed by atoms with Crippen LogP contribution in [0, 0.1) is 0 Å². The summed E-state index contributed by atoms with van der Waals surface area (Å²) in [6.45, 7) is 1.30. The molecule has 13 heavy (non-hydrogen) atoms. The van der Waals surface area contributed by atoms with E-state index in [-0.39, 0.29) is 0 Å². The van der Waals surface area contributed by atoms with Gasteiger partial charge in [-0.1, -0.05) is 6.42 Å². The zero-order valence-electron chi connectivity index (χ0n) is 8.47. The lowest BCUT2D eigenvalue weighted by molar-refractivity contribution is 0.182. The molecule has 1 saturated heterocycles. The van der Waals surface area contributed by atoms with Gasteiger partial charge in [0.25, 0.3) is 0 Å². The van der Waals surface area contributed by atoms with Crippen molar-refractivity contribution in [3.05, 3.63) is 0 Å². The minimum Gasteiger partial charge on any atom is -0.303 e. The van der Waals surface area contributed by atoms with E-state index in [0.29, 0.717) is 0 Å². The lowest BCUT2D eigenvalue weighted by Gasteiger charge is -2.32. The maximum atomic E-state index is 5.62. The third-order valence-corrected chi connectivity index (χ3v) is 4.17. The van der Waals surface area contributed by atoms with Crippen molar-refractivity contribution >= 4 is 23.4 Å². The Bertz CT molecular complexity index is 132. The summed E-state index contributed by atoms with van der Waals surface area (Å²) in [7, 11) is 2.26. The third-order valence-electron chi connectivity index (χ3n) is 2.74. The number of piperidine rings is 1. The minimum atomic E-state index is 0.797. The summed E-state index contributed by atoms with van der Waals surface area (Å²) in [5.41, 5.74) is 0. The molecular weight excluding hydrogens is 202 g/mol. The van der Waals surface area contributed by atoms with Gasteiger partial charge in [-0.15, -0.1) is 11.6 Å². The molecule has 1 rings (SSSR count). The standard InChI is InChI=1S/C10H20ClNS/c1-12-7-3-2-4-10(12)5-8-13-9-6-11/h10H,2-9H2,1H3. The summed E-state index contributed by atoms with van der Waals surface area (Å²) in [4.78, 5) is 2.52. The summed E-state index contributed by atoms with van der Waals surface area (Å²) >= 11 is 7.61. The summed E-state index contributed by atoms with van der Waals surface area (Å²) in [6.07, 6.45) is 5.56. The number of nitrogens with zero attached hydrogens (tertiary/aromatic N) is 1. The lowest BCUT2D eigenvalue weighted by atomic mass is 10.0. The van der Waals surface area contributed by atoms with Gasteiger partial charge in [0, 0.05) is 17.7 Å². The second-order valence-corrected chi connectivity index (χ2v) is 5.32. The molecule has 0 bridgehead atoms. The van der Waals surface area contributed by atoms with Crippen molar-refractivity contribution < 1.29 is 0 Å². The van der Waals surface area contributed by atoms with Crippen molar-refractivity contribution in [2.24, 2.45) is 0 Å². The maximum Gasteiger partial charge on any atom is 0.0314 e. The number of alkyl halides is 1. The highest BCUT2D eigenvalue weighted by atomic mass is 35.5. The molecule has 0 aromatic carbocycles. The van der Waals surface area contributed by atoms with Crippen LogP contribution in [-0.4, -0.2) is 41.9 Å². The molecule has 3 heteroatoms. The highest BCUT2D eigenvalue weighted by Crippen LogP contribution is 2.19. The van der Waals surface area contributed by atoms with Gasteiger partial charge in [0.05, 0.1) is 0 Å². The van der Waals surface area contributed by atoms with E-state index in [0.717, 1.165) is 17.7 Å². The van der Waals surface area contributed by atoms with Crippen molar-refractivity contribution in [1.29, 1.82) is 0 Å². The Morgan fingerprint density at radius 1 is 1.38 bits per heavy atom. The van der Waals surface area contributed by atoms with E-state index in [1.165, 1.54) is 38.0 Å². The number of hydrogen-bond acceptors (Lipinski definition) is 2. The van der Waals surface area contributed by atoms with Gasteiger partial charge in [-0.3, -0.25) is 0 Å². The molecular formula is C10H20ClNS. The van der Waals surface area contributed by atoms with E-state index in [4.69, 9.17) is 11.6 Å². The predicted octanol–water partition coefficient (Wildman–Crippen LogP) is 2.83. The van der Waals surface area contributed by atoms with Crippen LogP contribution >= 0.6 is 23.4 Å². The molecule has 1 atom stereocenters. The van der Waals surface area contributed by atoms with Crippen molar-refractivity contribution in [1.82, 2.24) is 4.90 Å². The first kappa shape index (κ1) is 11.7. The summed E-state index contributed by atoms with van der Waals surface area (Å²) < 4.78 is 0. The monoisotopic (exact) mass is 221 g/mol. The number of rotatable bonds is 5. The Morgan fingerprint density at radius 3 is 2.92 bits per heavy atom. The molecule has 0 spiro atoms. The van der Waals surface area contributed by atoms with E-state index in [9.17, 15) is 0 Å². The molecule has 0 aromatic rings. The molecule has 1 heterocycles. The minimum absolute atomic E-state index is 0.797. The molecule has 78 valence electrons. The SMILES string of the molecule is CN1CCCCC1CCSCCCl. The van der Waals surface area contributed by atoms with Crippen LogP contribution in [0.3, 0.4) is 0 Å². The fourth-order valence-electron chi connectivity index (χ4n) is 1.88. The smallest absolute Gasteiger partial charge is 0.0314 e. The van der Waals surface area contributed by atoms with Crippen LogP contribution in [0.25, 0.3) is 0 Å². The topological polar surface area (TPSA) is 3.24 Å². The zero-order valence-corrected chi connectivity index (χ0v) is 10.0. The van der Waals surface area contributed by atoms with Crippen LogP contribution < -0.4 is 0 Å². The molecule has 1 nitrogen and oxygen atoms in total. The molecule has 1 aliphatic heterocycles. The average molecular weight is 222 g/mol. The first-order chi connectivity index (χ1) is 6.34. The molecule has 0 saturated carbocycles. The molecule has 0 aliphatic carbocycles. The van der Waals surface area contributed by atoms with Gasteiger partial charge in [0.1, 0.15) is 0 Å². The maximum absolute atomic E-state index is 5.62. The number of likely N-dealkylation sites (tertiary alicyclic amines) is 1. The second-order valence-electron chi connectivity index (χ2n) is 3.72. The fourth-order valence-corrected chi connectivity index (χ4v) is 2.96. The Hall–Kier alpha value is 0.600. The highest BCUT2D eigenvalue weighted by molar-refractivity contribution is 7.99. The molecule has 1 fully saturated rings. The highest BCUT2D eigenvalue weighted by Gasteiger charge is 2.17. The van der Waals surface area contributed by atoms with E-state index in [1.54, 1.807) is 0 Å². The number of thioether (sulfide) groups is 1. The van der Waals surface area contributed by atoms with Gasteiger partial charge in [0.2, 0.25) is 0 Å². The van der Waals surface area contributed by atoms with Gasteiger partial charge >= 0.3 is 0 Å². The van der Waals surface area contributed by atoms with Crippen molar-refractivity contribution in [3.63, 3.8) is 0 Å². The first-order valence-corrected chi connectivity index (χ1v) is 6.87. The Balaban J connectivity index is 2.05. The van der Waals surface area contributed by atoms with Crippen molar-refractivity contribution in [2.75, 3.05) is 31.0 Å². The Kier molecular flexibility index (Phi) is 6.26. The molecule has 0 aromatic heterocycles. The molecule has 1 aliphatic rings. The molecule has 0 N–H and O–H groups in total. The second kappa shape index (κ2) is 6.97. The summed E-state index contributed by atoms with van der Waals surface area (Å²) in [5, 5.41) is 0.